The number of aliphatic hydroxyl groups excluding tert-OH is 2. The summed E-state index contributed by atoms with van der Waals surface area (Å²) < 4.78 is 5.46. The van der Waals surface area contributed by atoms with E-state index in [-0.39, 0.29) is 18.5 Å². The summed E-state index contributed by atoms with van der Waals surface area (Å²) in [4.78, 5) is 24.5. The molecule has 2 unspecified atom stereocenters. The summed E-state index contributed by atoms with van der Waals surface area (Å²) >= 11 is 0. The van der Waals surface area contributed by atoms with E-state index in [0.29, 0.717) is 25.9 Å². The van der Waals surface area contributed by atoms with Gasteiger partial charge in [-0.3, -0.25) is 9.59 Å². The molecule has 0 radical (unpaired) electrons. The number of ether oxygens (including phenoxy) is 1. The number of hydrogen-bond donors (Lipinski definition) is 3. The van der Waals surface area contributed by atoms with Crippen molar-refractivity contribution in [3.05, 3.63) is 12.2 Å². The molecule has 0 aromatic rings. The molecule has 0 aromatic carbocycles. The molecule has 1 amide bonds. The van der Waals surface area contributed by atoms with Crippen molar-refractivity contribution in [2.45, 2.75) is 334 Å². The number of carbonyl (C=O) groups is 2. The predicted molar refractivity (Wildman–Crippen MR) is 278 cm³/mol. The molecule has 64 heavy (non-hydrogen) atoms. The quantitative estimate of drug-likeness (QED) is 0.0321. The summed E-state index contributed by atoms with van der Waals surface area (Å²) in [6.45, 7) is 4.94. The largest absolute Gasteiger partial charge is 0.466 e. The highest BCUT2D eigenvalue weighted by molar-refractivity contribution is 5.76. The van der Waals surface area contributed by atoms with Crippen LogP contribution in [0, 0.1) is 0 Å². The molecule has 0 rings (SSSR count). The number of allylic oxidation sites excluding steroid dienone is 2. The third-order valence-electron chi connectivity index (χ3n) is 13.6. The molecule has 6 heteroatoms. The lowest BCUT2D eigenvalue weighted by molar-refractivity contribution is -0.143. The Hall–Kier alpha value is -1.40. The van der Waals surface area contributed by atoms with E-state index >= 15 is 0 Å². The number of carbonyl (C=O) groups excluding carboxylic acids is 2. The van der Waals surface area contributed by atoms with Crippen LogP contribution in [0.15, 0.2) is 12.2 Å². The molecule has 0 aromatic heterocycles. The van der Waals surface area contributed by atoms with Gasteiger partial charge in [-0.05, 0) is 51.4 Å². The van der Waals surface area contributed by atoms with Crippen molar-refractivity contribution in [1.82, 2.24) is 5.32 Å². The van der Waals surface area contributed by atoms with Crippen molar-refractivity contribution in [2.24, 2.45) is 0 Å². The van der Waals surface area contributed by atoms with Crippen molar-refractivity contribution in [1.29, 1.82) is 0 Å². The van der Waals surface area contributed by atoms with Gasteiger partial charge in [-0.15, -0.1) is 0 Å². The van der Waals surface area contributed by atoms with Gasteiger partial charge in [0.15, 0.2) is 0 Å². The topological polar surface area (TPSA) is 95.9 Å². The maximum atomic E-state index is 12.5. The highest BCUT2D eigenvalue weighted by atomic mass is 16.5. The minimum Gasteiger partial charge on any atom is -0.466 e. The number of nitrogens with one attached hydrogen (secondary N) is 1. The van der Waals surface area contributed by atoms with Gasteiger partial charge in [-0.2, -0.15) is 0 Å². The minimum atomic E-state index is -0.663. The van der Waals surface area contributed by atoms with Crippen LogP contribution in [-0.4, -0.2) is 47.4 Å². The van der Waals surface area contributed by atoms with Crippen LogP contribution in [0.4, 0.5) is 0 Å². The van der Waals surface area contributed by atoms with Gasteiger partial charge >= 0.3 is 5.97 Å². The van der Waals surface area contributed by atoms with Crippen LogP contribution in [0.2, 0.25) is 0 Å². The highest BCUT2D eigenvalue weighted by Gasteiger charge is 2.20. The van der Waals surface area contributed by atoms with E-state index in [2.05, 4.69) is 31.3 Å². The van der Waals surface area contributed by atoms with Crippen LogP contribution in [0.25, 0.3) is 0 Å². The van der Waals surface area contributed by atoms with Crippen LogP contribution in [0.5, 0.6) is 0 Å². The SMILES string of the molecule is CCCCC/C=C\CCCCCCCC(=O)OCCCCCCCCCCCCCCCCCCCCCCCCC(=O)NC(CO)C(O)CCCCCCCCCCCCCCC. The Morgan fingerprint density at radius 2 is 0.734 bits per heavy atom. The average Bonchev–Trinajstić information content (AvgIpc) is 3.29. The minimum absolute atomic E-state index is 0.00350. The summed E-state index contributed by atoms with van der Waals surface area (Å²) in [7, 11) is 0. The molecule has 0 heterocycles. The highest BCUT2D eigenvalue weighted by Crippen LogP contribution is 2.18. The zero-order valence-electron chi connectivity index (χ0n) is 43.3. The first-order valence-corrected chi connectivity index (χ1v) is 28.9. The number of unbranched alkanes of at least 4 members (excludes halogenated alkanes) is 41. The zero-order chi connectivity index (χ0) is 46.5. The molecule has 0 aliphatic rings. The van der Waals surface area contributed by atoms with E-state index in [1.165, 1.54) is 244 Å². The molecule has 0 aliphatic carbocycles. The van der Waals surface area contributed by atoms with E-state index in [0.717, 1.165) is 44.9 Å². The predicted octanol–water partition coefficient (Wildman–Crippen LogP) is 17.7. The Morgan fingerprint density at radius 1 is 0.422 bits per heavy atom. The molecule has 3 N–H and O–H groups in total. The number of rotatable bonds is 54. The van der Waals surface area contributed by atoms with Gasteiger partial charge in [0, 0.05) is 12.8 Å². The lowest BCUT2D eigenvalue weighted by Crippen LogP contribution is -2.45. The molecular formula is C58H113NO5. The molecule has 0 spiro atoms. The van der Waals surface area contributed by atoms with E-state index < -0.39 is 12.1 Å². The van der Waals surface area contributed by atoms with E-state index in [1.807, 2.05) is 0 Å². The standard InChI is InChI=1S/C58H113NO5/c1-3-5-7-9-11-13-15-27-30-34-38-42-46-50-56(61)55(54-60)59-57(62)51-47-43-39-35-31-28-25-23-21-19-17-18-20-22-24-26-29-33-37-41-45-49-53-64-58(63)52-48-44-40-36-32-16-14-12-10-8-6-4-2/h12,14,55-56,60-61H,3-11,13,15-54H2,1-2H3,(H,59,62)/b14-12-. The maximum Gasteiger partial charge on any atom is 0.305 e. The van der Waals surface area contributed by atoms with Crippen LogP contribution in [-0.2, 0) is 14.3 Å². The fraction of sp³-hybridized carbons (Fsp3) is 0.931. The summed E-state index contributed by atoms with van der Waals surface area (Å²) in [5.74, 6) is -0.0305. The Morgan fingerprint density at radius 3 is 1.14 bits per heavy atom. The van der Waals surface area contributed by atoms with Gasteiger partial charge < -0.3 is 20.3 Å². The fourth-order valence-electron chi connectivity index (χ4n) is 9.11. The number of aliphatic hydroxyl groups is 2. The molecule has 0 saturated carbocycles. The lowest BCUT2D eigenvalue weighted by Gasteiger charge is -2.22. The van der Waals surface area contributed by atoms with Crippen LogP contribution < -0.4 is 5.32 Å². The molecule has 380 valence electrons. The first-order chi connectivity index (χ1) is 31.5. The van der Waals surface area contributed by atoms with Crippen molar-refractivity contribution < 1.29 is 24.5 Å². The molecule has 0 aliphatic heterocycles. The first-order valence-electron chi connectivity index (χ1n) is 28.9. The average molecular weight is 905 g/mol. The lowest BCUT2D eigenvalue weighted by atomic mass is 10.0. The number of esters is 1. The Bertz CT molecular complexity index is 955. The second-order valence-electron chi connectivity index (χ2n) is 20.0. The molecule has 0 saturated heterocycles. The van der Waals surface area contributed by atoms with Crippen LogP contribution in [0.1, 0.15) is 322 Å². The van der Waals surface area contributed by atoms with Gasteiger partial charge in [0.05, 0.1) is 25.4 Å². The second kappa shape index (κ2) is 54.2. The summed E-state index contributed by atoms with van der Waals surface area (Å²) in [6.07, 6.45) is 63.5. The number of amides is 1. The van der Waals surface area contributed by atoms with Crippen LogP contribution >= 0.6 is 0 Å². The van der Waals surface area contributed by atoms with Crippen molar-refractivity contribution in [3.8, 4) is 0 Å². The van der Waals surface area contributed by atoms with Gasteiger partial charge in [0.2, 0.25) is 5.91 Å². The molecular weight excluding hydrogens is 791 g/mol. The molecule has 0 fully saturated rings. The van der Waals surface area contributed by atoms with E-state index in [9.17, 15) is 19.8 Å². The maximum absolute atomic E-state index is 12.5. The number of hydrogen-bond acceptors (Lipinski definition) is 5. The zero-order valence-corrected chi connectivity index (χ0v) is 43.3. The molecule has 6 nitrogen and oxygen atoms in total. The fourth-order valence-corrected chi connectivity index (χ4v) is 9.11. The Balaban J connectivity index is 3.37. The van der Waals surface area contributed by atoms with Crippen molar-refractivity contribution >= 4 is 11.9 Å². The van der Waals surface area contributed by atoms with Crippen LogP contribution in [0.3, 0.4) is 0 Å². The monoisotopic (exact) mass is 904 g/mol. The van der Waals surface area contributed by atoms with Gasteiger partial charge in [0.25, 0.3) is 0 Å². The second-order valence-corrected chi connectivity index (χ2v) is 20.0. The normalized spacial score (nSPS) is 12.6. The summed E-state index contributed by atoms with van der Waals surface area (Å²) in [5, 5.41) is 23.2. The molecule has 2 atom stereocenters. The summed E-state index contributed by atoms with van der Waals surface area (Å²) in [6, 6.07) is -0.540. The summed E-state index contributed by atoms with van der Waals surface area (Å²) in [5.41, 5.74) is 0. The smallest absolute Gasteiger partial charge is 0.305 e. The van der Waals surface area contributed by atoms with E-state index in [4.69, 9.17) is 4.74 Å². The first kappa shape index (κ1) is 62.6. The van der Waals surface area contributed by atoms with E-state index in [1.54, 1.807) is 0 Å². The third-order valence-corrected chi connectivity index (χ3v) is 13.6. The van der Waals surface area contributed by atoms with Crippen molar-refractivity contribution in [2.75, 3.05) is 13.2 Å². The third kappa shape index (κ3) is 50.0. The molecule has 0 bridgehead atoms. The van der Waals surface area contributed by atoms with Crippen molar-refractivity contribution in [3.63, 3.8) is 0 Å². The van der Waals surface area contributed by atoms with Gasteiger partial charge in [-0.1, -0.05) is 270 Å². The Kier molecular flexibility index (Phi) is 53.0. The Labute approximate surface area is 399 Å². The van der Waals surface area contributed by atoms with Gasteiger partial charge in [-0.25, -0.2) is 0 Å². The van der Waals surface area contributed by atoms with Gasteiger partial charge in [0.1, 0.15) is 0 Å².